The van der Waals surface area contributed by atoms with Crippen LogP contribution < -0.4 is 10.6 Å². The van der Waals surface area contributed by atoms with Crippen molar-refractivity contribution < 1.29 is 4.79 Å². The summed E-state index contributed by atoms with van der Waals surface area (Å²) < 4.78 is 0. The Morgan fingerprint density at radius 1 is 1.25 bits per heavy atom. The molecule has 0 atom stereocenters. The standard InChI is InChI=1S/C12H21N3O/c1-2-9-13-11-14-10(16)12(15-11)7-5-3-4-6-8-12/h2-9H2,1H3,(H2,13,14,15,16). The van der Waals surface area contributed by atoms with Gasteiger partial charge < -0.3 is 5.32 Å². The minimum atomic E-state index is -0.344. The van der Waals surface area contributed by atoms with E-state index in [1.54, 1.807) is 0 Å². The Bertz CT molecular complexity index is 291. The third-order valence-electron chi connectivity index (χ3n) is 3.47. The Morgan fingerprint density at radius 2 is 1.94 bits per heavy atom. The molecule has 0 aromatic carbocycles. The fraction of sp³-hybridized carbons (Fsp3) is 0.833. The molecule has 1 heterocycles. The van der Waals surface area contributed by atoms with Crippen molar-refractivity contribution in [1.29, 1.82) is 0 Å². The van der Waals surface area contributed by atoms with Gasteiger partial charge in [-0.25, -0.2) is 0 Å². The van der Waals surface area contributed by atoms with Gasteiger partial charge in [-0.1, -0.05) is 32.6 Å². The van der Waals surface area contributed by atoms with E-state index in [9.17, 15) is 4.79 Å². The van der Waals surface area contributed by atoms with Crippen molar-refractivity contribution in [1.82, 2.24) is 10.6 Å². The van der Waals surface area contributed by atoms with Gasteiger partial charge in [0.2, 0.25) is 0 Å². The fourth-order valence-corrected chi connectivity index (χ4v) is 2.53. The minimum Gasteiger partial charge on any atom is -0.342 e. The third kappa shape index (κ3) is 2.20. The summed E-state index contributed by atoms with van der Waals surface area (Å²) in [6.45, 7) is 2.86. The maximum atomic E-state index is 12.0. The average molecular weight is 223 g/mol. The molecule has 1 amide bonds. The van der Waals surface area contributed by atoms with Crippen LogP contribution in [0.1, 0.15) is 51.9 Å². The maximum absolute atomic E-state index is 12.0. The summed E-state index contributed by atoms with van der Waals surface area (Å²) in [5, 5.41) is 6.20. The Labute approximate surface area is 96.9 Å². The Morgan fingerprint density at radius 3 is 2.56 bits per heavy atom. The fourth-order valence-electron chi connectivity index (χ4n) is 2.53. The number of aliphatic imine (C=N–C) groups is 1. The van der Waals surface area contributed by atoms with Crippen LogP contribution in [0.3, 0.4) is 0 Å². The molecule has 0 unspecified atom stereocenters. The molecule has 4 heteroatoms. The smallest absolute Gasteiger partial charge is 0.252 e. The van der Waals surface area contributed by atoms with Crippen molar-refractivity contribution in [2.75, 3.05) is 6.54 Å². The lowest BCUT2D eigenvalue weighted by atomic mass is 9.91. The predicted octanol–water partition coefficient (Wildman–Crippen LogP) is 1.56. The van der Waals surface area contributed by atoms with Crippen molar-refractivity contribution in [3.8, 4) is 0 Å². The number of carbonyl (C=O) groups is 1. The maximum Gasteiger partial charge on any atom is 0.252 e. The molecule has 1 aliphatic carbocycles. The second kappa shape index (κ2) is 4.85. The van der Waals surface area contributed by atoms with Gasteiger partial charge in [0, 0.05) is 6.54 Å². The van der Waals surface area contributed by atoms with Crippen molar-refractivity contribution in [3.63, 3.8) is 0 Å². The molecular weight excluding hydrogens is 202 g/mol. The van der Waals surface area contributed by atoms with E-state index < -0.39 is 0 Å². The molecule has 90 valence electrons. The zero-order valence-electron chi connectivity index (χ0n) is 10.0. The van der Waals surface area contributed by atoms with E-state index in [4.69, 9.17) is 0 Å². The highest BCUT2D eigenvalue weighted by Crippen LogP contribution is 2.29. The first-order valence-corrected chi connectivity index (χ1v) is 6.41. The van der Waals surface area contributed by atoms with Crippen LogP contribution in [0, 0.1) is 0 Å². The highest BCUT2D eigenvalue weighted by atomic mass is 16.2. The third-order valence-corrected chi connectivity index (χ3v) is 3.47. The monoisotopic (exact) mass is 223 g/mol. The van der Waals surface area contributed by atoms with Gasteiger partial charge in [0.05, 0.1) is 0 Å². The highest BCUT2D eigenvalue weighted by Gasteiger charge is 2.44. The number of nitrogens with one attached hydrogen (secondary N) is 2. The van der Waals surface area contributed by atoms with Gasteiger partial charge in [-0.05, 0) is 19.3 Å². The molecule has 0 radical (unpaired) electrons. The molecular formula is C12H21N3O. The van der Waals surface area contributed by atoms with E-state index in [0.29, 0.717) is 5.96 Å². The van der Waals surface area contributed by atoms with Crippen LogP contribution in [0.5, 0.6) is 0 Å². The van der Waals surface area contributed by atoms with Crippen LogP contribution in [0.15, 0.2) is 4.99 Å². The topological polar surface area (TPSA) is 53.5 Å². The molecule has 0 aromatic rings. The molecule has 2 rings (SSSR count). The normalized spacial score (nSPS) is 26.6. The molecule has 1 saturated carbocycles. The summed E-state index contributed by atoms with van der Waals surface area (Å²) in [7, 11) is 0. The van der Waals surface area contributed by atoms with Gasteiger partial charge in [-0.2, -0.15) is 0 Å². The second-order valence-electron chi connectivity index (χ2n) is 4.81. The number of carbonyl (C=O) groups excluding carboxylic acids is 1. The number of hydrogen-bond acceptors (Lipinski definition) is 2. The van der Waals surface area contributed by atoms with Gasteiger partial charge in [0.25, 0.3) is 5.91 Å². The van der Waals surface area contributed by atoms with Crippen LogP contribution in [0.2, 0.25) is 0 Å². The molecule has 4 nitrogen and oxygen atoms in total. The summed E-state index contributed by atoms with van der Waals surface area (Å²) in [6.07, 6.45) is 7.68. The van der Waals surface area contributed by atoms with Gasteiger partial charge >= 0.3 is 0 Å². The van der Waals surface area contributed by atoms with E-state index >= 15 is 0 Å². The summed E-state index contributed by atoms with van der Waals surface area (Å²) >= 11 is 0. The van der Waals surface area contributed by atoms with Crippen LogP contribution in [-0.2, 0) is 4.79 Å². The molecule has 1 aliphatic heterocycles. The van der Waals surface area contributed by atoms with Crippen molar-refractivity contribution >= 4 is 11.9 Å². The van der Waals surface area contributed by atoms with Crippen LogP contribution >= 0.6 is 0 Å². The summed E-state index contributed by atoms with van der Waals surface area (Å²) in [5.74, 6) is 0.818. The zero-order valence-corrected chi connectivity index (χ0v) is 10.0. The van der Waals surface area contributed by atoms with Crippen molar-refractivity contribution in [3.05, 3.63) is 0 Å². The largest absolute Gasteiger partial charge is 0.342 e. The van der Waals surface area contributed by atoms with E-state index in [0.717, 1.165) is 38.6 Å². The van der Waals surface area contributed by atoms with Crippen LogP contribution in [0.25, 0.3) is 0 Å². The van der Waals surface area contributed by atoms with Gasteiger partial charge in [0.1, 0.15) is 5.54 Å². The molecule has 1 saturated heterocycles. The summed E-state index contributed by atoms with van der Waals surface area (Å²) in [6, 6.07) is 0. The quantitative estimate of drug-likeness (QED) is 0.746. The number of hydrogen-bond donors (Lipinski definition) is 2. The van der Waals surface area contributed by atoms with E-state index in [1.165, 1.54) is 12.8 Å². The Hall–Kier alpha value is -1.06. The Kier molecular flexibility index (Phi) is 3.46. The Balaban J connectivity index is 2.07. The second-order valence-corrected chi connectivity index (χ2v) is 4.81. The molecule has 2 N–H and O–H groups in total. The number of nitrogens with zero attached hydrogens (tertiary/aromatic N) is 1. The molecule has 2 fully saturated rings. The van der Waals surface area contributed by atoms with Crippen LogP contribution in [0.4, 0.5) is 0 Å². The SMILES string of the molecule is CCCN=C1NC(=O)C2(CCCCCC2)N1. The first-order valence-electron chi connectivity index (χ1n) is 6.41. The lowest BCUT2D eigenvalue weighted by Crippen LogP contribution is -2.46. The van der Waals surface area contributed by atoms with Crippen LogP contribution in [-0.4, -0.2) is 24.0 Å². The first-order chi connectivity index (χ1) is 7.77. The minimum absolute atomic E-state index is 0.129. The van der Waals surface area contributed by atoms with Gasteiger partial charge in [-0.3, -0.25) is 15.1 Å². The number of amides is 1. The molecule has 0 bridgehead atoms. The lowest BCUT2D eigenvalue weighted by molar-refractivity contribution is -0.124. The van der Waals surface area contributed by atoms with E-state index in [-0.39, 0.29) is 11.4 Å². The molecule has 0 aromatic heterocycles. The summed E-state index contributed by atoms with van der Waals surface area (Å²) in [4.78, 5) is 16.4. The summed E-state index contributed by atoms with van der Waals surface area (Å²) in [5.41, 5.74) is -0.344. The zero-order chi connectivity index (χ0) is 11.4. The number of rotatable bonds is 2. The van der Waals surface area contributed by atoms with Gasteiger partial charge in [0.15, 0.2) is 5.96 Å². The molecule has 1 spiro atoms. The molecule has 2 aliphatic rings. The van der Waals surface area contributed by atoms with E-state index in [1.807, 2.05) is 0 Å². The lowest BCUT2D eigenvalue weighted by Gasteiger charge is -2.24. The number of guanidine groups is 1. The highest BCUT2D eigenvalue weighted by molar-refractivity contribution is 6.09. The van der Waals surface area contributed by atoms with Crippen molar-refractivity contribution in [2.45, 2.75) is 57.4 Å². The van der Waals surface area contributed by atoms with Crippen molar-refractivity contribution in [2.24, 2.45) is 4.99 Å². The van der Waals surface area contributed by atoms with Gasteiger partial charge in [-0.15, -0.1) is 0 Å². The average Bonchev–Trinajstić information content (AvgIpc) is 2.47. The van der Waals surface area contributed by atoms with E-state index in [2.05, 4.69) is 22.5 Å². The molecule has 16 heavy (non-hydrogen) atoms. The predicted molar refractivity (Wildman–Crippen MR) is 64.3 cm³/mol. The first kappa shape index (κ1) is 11.4.